The van der Waals surface area contributed by atoms with E-state index in [0.29, 0.717) is 0 Å². The summed E-state index contributed by atoms with van der Waals surface area (Å²) in [5.41, 5.74) is 7.62. The Hall–Kier alpha value is -1.63. The van der Waals surface area contributed by atoms with E-state index in [9.17, 15) is 4.79 Å². The zero-order valence-electron chi connectivity index (χ0n) is 15.1. The molecule has 0 bridgehead atoms. The van der Waals surface area contributed by atoms with Gasteiger partial charge in [-0.1, -0.05) is 25.0 Å². The van der Waals surface area contributed by atoms with Crippen molar-refractivity contribution >= 4 is 36.4 Å². The van der Waals surface area contributed by atoms with Crippen LogP contribution in [0.25, 0.3) is 11.4 Å². The third-order valence-electron chi connectivity index (χ3n) is 4.92. The zero-order valence-corrected chi connectivity index (χ0v) is 16.8. The highest BCUT2D eigenvalue weighted by atomic mass is 35.5. The highest BCUT2D eigenvalue weighted by Crippen LogP contribution is 2.32. The zero-order chi connectivity index (χ0) is 17.2. The van der Waals surface area contributed by atoms with E-state index in [1.807, 2.05) is 42.7 Å². The summed E-state index contributed by atoms with van der Waals surface area (Å²) in [5, 5.41) is 11.2. The maximum absolute atomic E-state index is 12.7. The van der Waals surface area contributed by atoms with Crippen LogP contribution in [0.3, 0.4) is 0 Å². The molecule has 1 heterocycles. The number of aryl methyl sites for hydroxylation is 1. The highest BCUT2D eigenvalue weighted by Gasteiger charge is 2.37. The Bertz CT molecular complexity index is 732. The summed E-state index contributed by atoms with van der Waals surface area (Å²) in [6, 6.07) is 7.72. The Morgan fingerprint density at radius 1 is 1.38 bits per heavy atom. The summed E-state index contributed by atoms with van der Waals surface area (Å²) in [4.78, 5) is 12.7. The van der Waals surface area contributed by atoms with Crippen LogP contribution in [0.5, 0.6) is 0 Å². The lowest BCUT2D eigenvalue weighted by atomic mass is 9.74. The molecule has 2 aromatic rings. The average Bonchev–Trinajstić information content (AvgIpc) is 3.03. The van der Waals surface area contributed by atoms with Gasteiger partial charge in [-0.3, -0.25) is 4.79 Å². The van der Waals surface area contributed by atoms with Crippen LogP contribution in [-0.2, 0) is 11.3 Å². The number of nitrogens with two attached hydrogens (primary N) is 1. The van der Waals surface area contributed by atoms with E-state index in [1.165, 1.54) is 0 Å². The maximum Gasteiger partial charge on any atom is 0.229 e. The minimum Gasteiger partial charge on any atom is -0.326 e. The van der Waals surface area contributed by atoms with E-state index in [-0.39, 0.29) is 36.6 Å². The van der Waals surface area contributed by atoms with Crippen molar-refractivity contribution in [1.29, 1.82) is 0 Å². The predicted molar refractivity (Wildman–Crippen MR) is 109 cm³/mol. The smallest absolute Gasteiger partial charge is 0.229 e. The number of anilines is 1. The van der Waals surface area contributed by atoms with E-state index < -0.39 is 5.54 Å². The van der Waals surface area contributed by atoms with Crippen LogP contribution in [0.4, 0.5) is 5.69 Å². The van der Waals surface area contributed by atoms with Crippen molar-refractivity contribution in [2.75, 3.05) is 5.32 Å². The van der Waals surface area contributed by atoms with Crippen LogP contribution in [-0.4, -0.2) is 26.2 Å². The lowest BCUT2D eigenvalue weighted by Gasteiger charge is -2.37. The molecule has 0 saturated heterocycles. The molecule has 0 radical (unpaired) electrons. The lowest BCUT2D eigenvalue weighted by molar-refractivity contribution is -0.122. The van der Waals surface area contributed by atoms with Gasteiger partial charge in [0.25, 0.3) is 0 Å². The van der Waals surface area contributed by atoms with Gasteiger partial charge in [0.15, 0.2) is 5.82 Å². The average molecular weight is 400 g/mol. The molecule has 3 rings (SSSR count). The Morgan fingerprint density at radius 2 is 2.15 bits per heavy atom. The third kappa shape index (κ3) is 4.75. The molecule has 1 amide bonds. The van der Waals surface area contributed by atoms with Crippen LogP contribution >= 0.6 is 24.8 Å². The second kappa shape index (κ2) is 9.35. The second-order valence-corrected chi connectivity index (χ2v) is 6.81. The van der Waals surface area contributed by atoms with Crippen molar-refractivity contribution in [2.24, 2.45) is 11.7 Å². The second-order valence-electron chi connectivity index (χ2n) is 6.81. The summed E-state index contributed by atoms with van der Waals surface area (Å²) < 4.78 is 1.97. The summed E-state index contributed by atoms with van der Waals surface area (Å²) in [7, 11) is 0. The number of aromatic nitrogens is 3. The van der Waals surface area contributed by atoms with Crippen molar-refractivity contribution in [3.63, 3.8) is 0 Å². The van der Waals surface area contributed by atoms with Gasteiger partial charge in [-0.15, -0.1) is 35.0 Å². The molecule has 144 valence electrons. The number of nitrogens with one attached hydrogen (secondary N) is 1. The Kier molecular flexibility index (Phi) is 8.06. The quantitative estimate of drug-likeness (QED) is 0.820. The molecular formula is C18H27Cl2N5O. The van der Waals surface area contributed by atoms with Gasteiger partial charge in [-0.2, -0.15) is 0 Å². The first-order valence-corrected chi connectivity index (χ1v) is 8.59. The standard InChI is InChI=1S/C18H25N5O.2ClH/c1-3-23-12-20-22-16(23)13-7-6-8-14(11-13)21-17(24)15-9-4-5-10-18(15,2)19;;/h6-8,11-12,15H,3-5,9-10,19H2,1-2H3,(H,21,24);2*1H. The molecule has 3 N–H and O–H groups in total. The summed E-state index contributed by atoms with van der Waals surface area (Å²) in [6.45, 7) is 4.83. The molecule has 2 unspecified atom stereocenters. The normalized spacial score (nSPS) is 22.0. The van der Waals surface area contributed by atoms with Crippen molar-refractivity contribution in [1.82, 2.24) is 14.8 Å². The topological polar surface area (TPSA) is 85.8 Å². The number of halogens is 2. The summed E-state index contributed by atoms with van der Waals surface area (Å²) in [5.74, 6) is 0.665. The monoisotopic (exact) mass is 399 g/mol. The molecule has 8 heteroatoms. The number of hydrogen-bond donors (Lipinski definition) is 2. The molecule has 1 fully saturated rings. The Morgan fingerprint density at radius 3 is 2.85 bits per heavy atom. The van der Waals surface area contributed by atoms with Crippen molar-refractivity contribution < 1.29 is 4.79 Å². The third-order valence-corrected chi connectivity index (χ3v) is 4.92. The Balaban J connectivity index is 0.00000169. The lowest BCUT2D eigenvalue weighted by Crippen LogP contribution is -2.51. The number of hydrogen-bond acceptors (Lipinski definition) is 4. The van der Waals surface area contributed by atoms with E-state index in [4.69, 9.17) is 5.73 Å². The molecule has 0 spiro atoms. The van der Waals surface area contributed by atoms with Gasteiger partial charge in [0, 0.05) is 23.3 Å². The van der Waals surface area contributed by atoms with Crippen molar-refractivity contribution in [3.8, 4) is 11.4 Å². The number of benzene rings is 1. The first kappa shape index (κ1) is 22.4. The van der Waals surface area contributed by atoms with Gasteiger partial charge in [0.05, 0.1) is 5.92 Å². The molecule has 1 aromatic heterocycles. The summed E-state index contributed by atoms with van der Waals surface area (Å²) >= 11 is 0. The van der Waals surface area contributed by atoms with E-state index in [2.05, 4.69) is 15.5 Å². The van der Waals surface area contributed by atoms with Gasteiger partial charge in [-0.25, -0.2) is 0 Å². The molecule has 2 atom stereocenters. The number of rotatable bonds is 4. The van der Waals surface area contributed by atoms with Gasteiger partial charge < -0.3 is 15.6 Å². The fourth-order valence-electron chi connectivity index (χ4n) is 3.46. The number of nitrogens with zero attached hydrogens (tertiary/aromatic N) is 3. The molecule has 26 heavy (non-hydrogen) atoms. The number of carbonyl (C=O) groups is 1. The minimum absolute atomic E-state index is 0. The number of amides is 1. The van der Waals surface area contributed by atoms with E-state index in [0.717, 1.165) is 49.3 Å². The van der Waals surface area contributed by atoms with Gasteiger partial charge in [0.1, 0.15) is 6.33 Å². The van der Waals surface area contributed by atoms with Crippen LogP contribution in [0.2, 0.25) is 0 Å². The maximum atomic E-state index is 12.7. The Labute approximate surface area is 166 Å². The predicted octanol–water partition coefficient (Wildman–Crippen LogP) is 3.65. The van der Waals surface area contributed by atoms with E-state index >= 15 is 0 Å². The van der Waals surface area contributed by atoms with Crippen molar-refractivity contribution in [2.45, 2.75) is 51.6 Å². The summed E-state index contributed by atoms with van der Waals surface area (Å²) in [6.07, 6.45) is 5.61. The largest absolute Gasteiger partial charge is 0.326 e. The van der Waals surface area contributed by atoms with Gasteiger partial charge in [0.2, 0.25) is 5.91 Å². The van der Waals surface area contributed by atoms with Crippen LogP contribution in [0, 0.1) is 5.92 Å². The molecule has 1 aliphatic rings. The van der Waals surface area contributed by atoms with Crippen molar-refractivity contribution in [3.05, 3.63) is 30.6 Å². The van der Waals surface area contributed by atoms with Gasteiger partial charge >= 0.3 is 0 Å². The molecule has 1 aromatic carbocycles. The number of carbonyl (C=O) groups excluding carboxylic acids is 1. The fourth-order valence-corrected chi connectivity index (χ4v) is 3.46. The molecule has 1 aliphatic carbocycles. The van der Waals surface area contributed by atoms with Gasteiger partial charge in [-0.05, 0) is 38.8 Å². The fraction of sp³-hybridized carbons (Fsp3) is 0.500. The molecule has 6 nitrogen and oxygen atoms in total. The van der Waals surface area contributed by atoms with Crippen LogP contribution in [0.1, 0.15) is 39.5 Å². The highest BCUT2D eigenvalue weighted by molar-refractivity contribution is 5.94. The van der Waals surface area contributed by atoms with Crippen LogP contribution in [0.15, 0.2) is 30.6 Å². The molecule has 0 aliphatic heterocycles. The SMILES string of the molecule is CCn1cnnc1-c1cccc(NC(=O)C2CCCCC2(C)N)c1.Cl.Cl. The first-order valence-electron chi connectivity index (χ1n) is 8.59. The first-order chi connectivity index (χ1) is 11.5. The molecular weight excluding hydrogens is 373 g/mol. The molecule has 1 saturated carbocycles. The minimum atomic E-state index is -0.428. The van der Waals surface area contributed by atoms with Crippen LogP contribution < -0.4 is 11.1 Å². The van der Waals surface area contributed by atoms with E-state index in [1.54, 1.807) is 6.33 Å².